The fourth-order valence-electron chi connectivity index (χ4n) is 6.82. The van der Waals surface area contributed by atoms with Crippen LogP contribution in [0, 0.1) is 11.2 Å². The molecule has 3 aromatic carbocycles. The molecule has 0 saturated carbocycles. The molecule has 3 aliphatic rings. The second kappa shape index (κ2) is 9.49. The first-order chi connectivity index (χ1) is 17.9. The van der Waals surface area contributed by atoms with Gasteiger partial charge in [0.2, 0.25) is 0 Å². The molecule has 37 heavy (non-hydrogen) atoms. The Labute approximate surface area is 217 Å². The molecule has 5 nitrogen and oxygen atoms in total. The van der Waals surface area contributed by atoms with Crippen molar-refractivity contribution in [1.82, 2.24) is 4.90 Å². The number of aliphatic carboxylic acids is 1. The first kappa shape index (κ1) is 24.0. The van der Waals surface area contributed by atoms with E-state index in [0.717, 1.165) is 57.4 Å². The lowest BCUT2D eigenvalue weighted by atomic mass is 9.69. The Morgan fingerprint density at radius 3 is 2.30 bits per heavy atom. The lowest BCUT2D eigenvalue weighted by Gasteiger charge is -2.55. The van der Waals surface area contributed by atoms with E-state index in [1.807, 2.05) is 23.1 Å². The molecule has 2 saturated heterocycles. The number of phenolic OH excluding ortho intramolecular Hbond substituents is 1. The van der Waals surface area contributed by atoms with Crippen LogP contribution in [0.15, 0.2) is 66.7 Å². The first-order valence-electron chi connectivity index (χ1n) is 13.3. The van der Waals surface area contributed by atoms with Crippen molar-refractivity contribution < 1.29 is 19.4 Å². The molecular formula is C31H33FN2O3. The van der Waals surface area contributed by atoms with Crippen LogP contribution in [0.25, 0.3) is 0 Å². The minimum absolute atomic E-state index is 0.143. The SMILES string of the molecule is O=C(O)CN1CCC2(CC1)CN(c1ccc(C3c4ccc(O)cc4CC[C@@H]3c3ccc(F)cc3)cc1)C2. The van der Waals surface area contributed by atoms with Gasteiger partial charge in [-0.05, 0) is 103 Å². The Kier molecular flexibility index (Phi) is 6.15. The summed E-state index contributed by atoms with van der Waals surface area (Å²) >= 11 is 0. The Morgan fingerprint density at radius 1 is 0.946 bits per heavy atom. The quantitative estimate of drug-likeness (QED) is 0.493. The number of halogens is 1. The average molecular weight is 501 g/mol. The van der Waals surface area contributed by atoms with Crippen LogP contribution in [0.3, 0.4) is 0 Å². The number of carboxylic acids is 1. The molecule has 6 rings (SSSR count). The number of aromatic hydroxyl groups is 1. The molecule has 0 amide bonds. The zero-order valence-corrected chi connectivity index (χ0v) is 20.9. The lowest BCUT2D eigenvalue weighted by molar-refractivity contribution is -0.139. The predicted octanol–water partition coefficient (Wildman–Crippen LogP) is 5.38. The number of hydrogen-bond acceptors (Lipinski definition) is 4. The van der Waals surface area contributed by atoms with Gasteiger partial charge in [-0.1, -0.05) is 30.3 Å². The number of likely N-dealkylation sites (tertiary alicyclic amines) is 1. The van der Waals surface area contributed by atoms with Crippen molar-refractivity contribution >= 4 is 11.7 Å². The summed E-state index contributed by atoms with van der Waals surface area (Å²) in [4.78, 5) is 15.5. The summed E-state index contributed by atoms with van der Waals surface area (Å²) < 4.78 is 13.7. The molecule has 3 aromatic rings. The molecule has 0 bridgehead atoms. The van der Waals surface area contributed by atoms with Crippen LogP contribution >= 0.6 is 0 Å². The zero-order valence-electron chi connectivity index (χ0n) is 20.9. The fraction of sp³-hybridized carbons (Fsp3) is 0.387. The summed E-state index contributed by atoms with van der Waals surface area (Å²) in [5.74, 6) is -0.276. The van der Waals surface area contributed by atoms with E-state index in [-0.39, 0.29) is 24.2 Å². The predicted molar refractivity (Wildman–Crippen MR) is 142 cm³/mol. The van der Waals surface area contributed by atoms with Gasteiger partial charge in [0.1, 0.15) is 11.6 Å². The van der Waals surface area contributed by atoms with Crippen LogP contribution in [-0.2, 0) is 11.2 Å². The number of carbonyl (C=O) groups is 1. The largest absolute Gasteiger partial charge is 0.508 e. The van der Waals surface area contributed by atoms with Gasteiger partial charge < -0.3 is 15.1 Å². The van der Waals surface area contributed by atoms with E-state index in [9.17, 15) is 14.3 Å². The highest BCUT2D eigenvalue weighted by Crippen LogP contribution is 2.48. The van der Waals surface area contributed by atoms with Crippen LogP contribution in [-0.4, -0.2) is 53.8 Å². The van der Waals surface area contributed by atoms with Gasteiger partial charge in [0.25, 0.3) is 0 Å². The standard InChI is InChI=1S/C31H33FN2O3/c32-24-6-1-21(2-7-24)27-11-5-23-17-26(35)10-12-28(23)30(27)22-3-8-25(9-4-22)34-19-31(20-34)13-15-33(16-14-31)18-29(36)37/h1-4,6-10,12,17,27,30,35H,5,11,13-16,18-20H2,(H,36,37)/t27-,30?/m1/s1. The minimum atomic E-state index is -0.745. The zero-order chi connectivity index (χ0) is 25.6. The monoisotopic (exact) mass is 500 g/mol. The Bertz CT molecular complexity index is 1270. The maximum Gasteiger partial charge on any atom is 0.317 e. The first-order valence-corrected chi connectivity index (χ1v) is 13.3. The van der Waals surface area contributed by atoms with Crippen LogP contribution < -0.4 is 4.90 Å². The minimum Gasteiger partial charge on any atom is -0.508 e. The molecule has 0 aromatic heterocycles. The Hall–Kier alpha value is -3.38. The molecule has 2 fully saturated rings. The fourth-order valence-corrected chi connectivity index (χ4v) is 6.82. The Balaban J connectivity index is 1.20. The van der Waals surface area contributed by atoms with E-state index >= 15 is 0 Å². The van der Waals surface area contributed by atoms with E-state index in [2.05, 4.69) is 35.2 Å². The normalized spacial score (nSPS) is 22.9. The van der Waals surface area contributed by atoms with Crippen LogP contribution in [0.2, 0.25) is 0 Å². The van der Waals surface area contributed by atoms with Crippen LogP contribution in [0.4, 0.5) is 10.1 Å². The van der Waals surface area contributed by atoms with E-state index < -0.39 is 5.97 Å². The number of rotatable bonds is 5. The summed E-state index contributed by atoms with van der Waals surface area (Å²) in [5, 5.41) is 19.1. The summed E-state index contributed by atoms with van der Waals surface area (Å²) in [7, 11) is 0. The van der Waals surface area contributed by atoms with Gasteiger partial charge in [-0.3, -0.25) is 9.69 Å². The van der Waals surface area contributed by atoms with Crippen molar-refractivity contribution in [3.8, 4) is 5.75 Å². The maximum absolute atomic E-state index is 13.7. The third kappa shape index (κ3) is 4.71. The molecule has 1 aliphatic carbocycles. The van der Waals surface area contributed by atoms with Gasteiger partial charge >= 0.3 is 5.97 Å². The number of aryl methyl sites for hydroxylation is 1. The van der Waals surface area contributed by atoms with Crippen molar-refractivity contribution in [2.75, 3.05) is 37.6 Å². The van der Waals surface area contributed by atoms with Crippen molar-refractivity contribution in [3.05, 3.63) is 94.8 Å². The van der Waals surface area contributed by atoms with E-state index in [4.69, 9.17) is 5.11 Å². The molecule has 1 spiro atoms. The van der Waals surface area contributed by atoms with Gasteiger partial charge in [-0.25, -0.2) is 4.39 Å². The van der Waals surface area contributed by atoms with Gasteiger partial charge in [-0.2, -0.15) is 0 Å². The average Bonchev–Trinajstić information content (AvgIpc) is 2.87. The number of phenols is 1. The highest BCUT2D eigenvalue weighted by molar-refractivity contribution is 5.69. The van der Waals surface area contributed by atoms with E-state index in [1.54, 1.807) is 18.2 Å². The van der Waals surface area contributed by atoms with E-state index in [0.29, 0.717) is 11.2 Å². The highest BCUT2D eigenvalue weighted by Gasteiger charge is 2.45. The molecular weight excluding hydrogens is 467 g/mol. The molecule has 2 aliphatic heterocycles. The number of carboxylic acid groups (broad SMARTS) is 1. The summed E-state index contributed by atoms with van der Waals surface area (Å²) in [6.45, 7) is 3.92. The molecule has 1 unspecified atom stereocenters. The highest BCUT2D eigenvalue weighted by atomic mass is 19.1. The lowest BCUT2D eigenvalue weighted by Crippen LogP contribution is -2.60. The topological polar surface area (TPSA) is 64.0 Å². The second-order valence-corrected chi connectivity index (χ2v) is 11.2. The number of hydrogen-bond donors (Lipinski definition) is 2. The molecule has 6 heteroatoms. The number of nitrogens with zero attached hydrogens (tertiary/aromatic N) is 2. The molecule has 2 heterocycles. The molecule has 2 atom stereocenters. The van der Waals surface area contributed by atoms with Gasteiger partial charge in [-0.15, -0.1) is 0 Å². The number of anilines is 1. The van der Waals surface area contributed by atoms with Crippen molar-refractivity contribution in [3.63, 3.8) is 0 Å². The summed E-state index contributed by atoms with van der Waals surface area (Å²) in [6.07, 6.45) is 3.95. The van der Waals surface area contributed by atoms with Gasteiger partial charge in [0.05, 0.1) is 6.54 Å². The van der Waals surface area contributed by atoms with Crippen molar-refractivity contribution in [1.29, 1.82) is 0 Å². The van der Waals surface area contributed by atoms with Crippen LogP contribution in [0.5, 0.6) is 5.75 Å². The number of fused-ring (bicyclic) bond motifs is 1. The number of benzene rings is 3. The third-order valence-electron chi connectivity index (χ3n) is 8.83. The number of piperidine rings is 1. The smallest absolute Gasteiger partial charge is 0.317 e. The molecule has 0 radical (unpaired) electrons. The summed E-state index contributed by atoms with van der Waals surface area (Å²) in [6, 6.07) is 21.5. The molecule has 192 valence electrons. The summed E-state index contributed by atoms with van der Waals surface area (Å²) in [5.41, 5.74) is 6.34. The van der Waals surface area contributed by atoms with Crippen molar-refractivity contribution in [2.45, 2.75) is 37.5 Å². The van der Waals surface area contributed by atoms with Gasteiger partial charge in [0, 0.05) is 30.1 Å². The van der Waals surface area contributed by atoms with Gasteiger partial charge in [0.15, 0.2) is 0 Å². The van der Waals surface area contributed by atoms with E-state index in [1.165, 1.54) is 22.4 Å². The third-order valence-corrected chi connectivity index (χ3v) is 8.83. The van der Waals surface area contributed by atoms with Crippen LogP contribution in [0.1, 0.15) is 53.4 Å². The Morgan fingerprint density at radius 2 is 1.62 bits per heavy atom. The maximum atomic E-state index is 13.7. The molecule has 2 N–H and O–H groups in total. The second-order valence-electron chi connectivity index (χ2n) is 11.2. The van der Waals surface area contributed by atoms with Crippen molar-refractivity contribution in [2.24, 2.45) is 5.41 Å².